The van der Waals surface area contributed by atoms with Crippen molar-refractivity contribution in [1.82, 2.24) is 0 Å². The van der Waals surface area contributed by atoms with E-state index in [-0.39, 0.29) is 11.2 Å². The standard InChI is InChI=1S/C10H14BrNO2S2/c1-2-14-10(13)6-16-9(4-12)8-3-7(11)5-15-8/h3,5,9H,2,4,6,12H2,1H3. The quantitative estimate of drug-likeness (QED) is 0.818. The van der Waals surface area contributed by atoms with E-state index in [0.717, 1.165) is 4.47 Å². The fraction of sp³-hybridized carbons (Fsp3) is 0.500. The van der Waals surface area contributed by atoms with Crippen molar-refractivity contribution in [3.63, 3.8) is 0 Å². The molecule has 0 aliphatic rings. The lowest BCUT2D eigenvalue weighted by atomic mass is 10.3. The molecule has 1 atom stereocenters. The van der Waals surface area contributed by atoms with Crippen molar-refractivity contribution >= 4 is 45.0 Å². The normalized spacial score (nSPS) is 12.4. The highest BCUT2D eigenvalue weighted by Crippen LogP contribution is 2.33. The second-order valence-corrected chi connectivity index (χ2v) is 6.06. The van der Waals surface area contributed by atoms with Gasteiger partial charge in [0.2, 0.25) is 0 Å². The molecule has 0 aliphatic carbocycles. The monoisotopic (exact) mass is 323 g/mol. The molecule has 90 valence electrons. The highest BCUT2D eigenvalue weighted by Gasteiger charge is 2.14. The fourth-order valence-electron chi connectivity index (χ4n) is 1.13. The molecule has 2 N–H and O–H groups in total. The van der Waals surface area contributed by atoms with Crippen LogP contribution >= 0.6 is 39.0 Å². The average Bonchev–Trinajstić information content (AvgIpc) is 2.66. The van der Waals surface area contributed by atoms with E-state index < -0.39 is 0 Å². The molecule has 0 spiro atoms. The molecule has 0 amide bonds. The lowest BCUT2D eigenvalue weighted by Crippen LogP contribution is -2.13. The smallest absolute Gasteiger partial charge is 0.315 e. The molecule has 1 unspecified atom stereocenters. The third-order valence-corrected chi connectivity index (χ3v) is 5.03. The van der Waals surface area contributed by atoms with Crippen molar-refractivity contribution in [3.05, 3.63) is 20.8 Å². The Bertz CT molecular complexity index is 343. The first-order valence-electron chi connectivity index (χ1n) is 4.88. The summed E-state index contributed by atoms with van der Waals surface area (Å²) in [4.78, 5) is 12.4. The summed E-state index contributed by atoms with van der Waals surface area (Å²) in [5.41, 5.74) is 5.69. The number of hydrogen-bond acceptors (Lipinski definition) is 5. The van der Waals surface area contributed by atoms with Gasteiger partial charge in [-0.2, -0.15) is 0 Å². The van der Waals surface area contributed by atoms with Crippen LogP contribution < -0.4 is 5.73 Å². The van der Waals surface area contributed by atoms with Gasteiger partial charge in [-0.25, -0.2) is 0 Å². The van der Waals surface area contributed by atoms with Crippen LogP contribution in [0.4, 0.5) is 0 Å². The number of ether oxygens (including phenoxy) is 1. The fourth-order valence-corrected chi connectivity index (χ4v) is 3.73. The zero-order valence-corrected chi connectivity index (χ0v) is 12.2. The summed E-state index contributed by atoms with van der Waals surface area (Å²) in [5, 5.41) is 2.18. The Morgan fingerprint density at radius 2 is 2.50 bits per heavy atom. The molecule has 6 heteroatoms. The first-order chi connectivity index (χ1) is 7.67. The van der Waals surface area contributed by atoms with Gasteiger partial charge >= 0.3 is 5.97 Å². The number of esters is 1. The van der Waals surface area contributed by atoms with Crippen LogP contribution in [0.15, 0.2) is 15.9 Å². The van der Waals surface area contributed by atoms with Gasteiger partial charge < -0.3 is 10.5 Å². The molecule has 16 heavy (non-hydrogen) atoms. The number of carbonyl (C=O) groups excluding carboxylic acids is 1. The van der Waals surface area contributed by atoms with Crippen LogP contribution in [0.2, 0.25) is 0 Å². The minimum Gasteiger partial charge on any atom is -0.465 e. The maximum Gasteiger partial charge on any atom is 0.315 e. The van der Waals surface area contributed by atoms with Crippen LogP contribution in [0, 0.1) is 0 Å². The summed E-state index contributed by atoms with van der Waals surface area (Å²) in [6, 6.07) is 2.04. The van der Waals surface area contributed by atoms with Crippen molar-refractivity contribution in [1.29, 1.82) is 0 Å². The lowest BCUT2D eigenvalue weighted by molar-refractivity contribution is -0.139. The van der Waals surface area contributed by atoms with Gasteiger partial charge in [0.25, 0.3) is 0 Å². The summed E-state index contributed by atoms with van der Waals surface area (Å²) in [7, 11) is 0. The topological polar surface area (TPSA) is 52.3 Å². The molecule has 1 rings (SSSR count). The van der Waals surface area contributed by atoms with Crippen LogP contribution in [0.3, 0.4) is 0 Å². The molecule has 0 radical (unpaired) electrons. The van der Waals surface area contributed by atoms with Gasteiger partial charge in [0.15, 0.2) is 0 Å². The Hall–Kier alpha value is -0.0400. The first-order valence-corrected chi connectivity index (χ1v) is 7.60. The van der Waals surface area contributed by atoms with Crippen LogP contribution in [-0.2, 0) is 9.53 Å². The molecular weight excluding hydrogens is 310 g/mol. The molecule has 0 aromatic carbocycles. The van der Waals surface area contributed by atoms with Crippen LogP contribution in [0.1, 0.15) is 17.1 Å². The molecule has 1 aromatic rings. The number of carbonyl (C=O) groups is 1. The molecule has 0 aliphatic heterocycles. The predicted octanol–water partition coefficient (Wildman–Crippen LogP) is 2.81. The Labute approximate surface area is 112 Å². The summed E-state index contributed by atoms with van der Waals surface area (Å²) in [5.74, 6) is 0.173. The first kappa shape index (κ1) is 14.0. The highest BCUT2D eigenvalue weighted by molar-refractivity contribution is 9.10. The molecule has 0 bridgehead atoms. The van der Waals surface area contributed by atoms with Crippen molar-refractivity contribution in [3.8, 4) is 0 Å². The Morgan fingerprint density at radius 1 is 1.75 bits per heavy atom. The summed E-state index contributed by atoms with van der Waals surface area (Å²) in [6.07, 6.45) is 0. The lowest BCUT2D eigenvalue weighted by Gasteiger charge is -2.11. The van der Waals surface area contributed by atoms with Gasteiger partial charge in [-0.3, -0.25) is 4.79 Å². The zero-order valence-electron chi connectivity index (χ0n) is 8.94. The van der Waals surface area contributed by atoms with E-state index >= 15 is 0 Å². The third kappa shape index (κ3) is 4.45. The zero-order chi connectivity index (χ0) is 12.0. The minimum absolute atomic E-state index is 0.167. The van der Waals surface area contributed by atoms with E-state index in [1.54, 1.807) is 18.3 Å². The molecule has 1 heterocycles. The number of thiophene rings is 1. The minimum atomic E-state index is -0.179. The SMILES string of the molecule is CCOC(=O)CSC(CN)c1cc(Br)cs1. The van der Waals surface area contributed by atoms with Crippen LogP contribution in [-0.4, -0.2) is 24.9 Å². The molecule has 1 aromatic heterocycles. The maximum absolute atomic E-state index is 11.2. The average molecular weight is 324 g/mol. The van der Waals surface area contributed by atoms with Gasteiger partial charge in [0.05, 0.1) is 17.6 Å². The van der Waals surface area contributed by atoms with Gasteiger partial charge in [-0.05, 0) is 28.9 Å². The van der Waals surface area contributed by atoms with Crippen molar-refractivity contribution in [2.45, 2.75) is 12.2 Å². The number of rotatable bonds is 6. The molecule has 0 fully saturated rings. The van der Waals surface area contributed by atoms with E-state index in [0.29, 0.717) is 18.9 Å². The Morgan fingerprint density at radius 3 is 3.00 bits per heavy atom. The molecule has 0 saturated carbocycles. The van der Waals surface area contributed by atoms with E-state index in [9.17, 15) is 4.79 Å². The van der Waals surface area contributed by atoms with Crippen LogP contribution in [0.5, 0.6) is 0 Å². The van der Waals surface area contributed by atoms with Crippen LogP contribution in [0.25, 0.3) is 0 Å². The second-order valence-electron chi connectivity index (χ2n) is 3.01. The van der Waals surface area contributed by atoms with Gasteiger partial charge in [0.1, 0.15) is 0 Å². The third-order valence-electron chi connectivity index (χ3n) is 1.83. The van der Waals surface area contributed by atoms with E-state index in [1.165, 1.54) is 16.6 Å². The number of nitrogens with two attached hydrogens (primary N) is 1. The van der Waals surface area contributed by atoms with Crippen molar-refractivity contribution in [2.75, 3.05) is 18.9 Å². The van der Waals surface area contributed by atoms with E-state index in [1.807, 2.05) is 11.4 Å². The number of hydrogen-bond donors (Lipinski definition) is 1. The largest absolute Gasteiger partial charge is 0.465 e. The summed E-state index contributed by atoms with van der Waals surface area (Å²) in [6.45, 7) is 2.76. The molecule has 0 saturated heterocycles. The number of thioether (sulfide) groups is 1. The Kier molecular flexibility index (Phi) is 6.41. The van der Waals surface area contributed by atoms with Gasteiger partial charge in [0, 0.05) is 21.3 Å². The predicted molar refractivity (Wildman–Crippen MR) is 72.9 cm³/mol. The number of halogens is 1. The van der Waals surface area contributed by atoms with E-state index in [2.05, 4.69) is 15.9 Å². The van der Waals surface area contributed by atoms with Crippen molar-refractivity contribution < 1.29 is 9.53 Å². The summed E-state index contributed by atoms with van der Waals surface area (Å²) < 4.78 is 5.93. The van der Waals surface area contributed by atoms with Gasteiger partial charge in [-0.15, -0.1) is 23.1 Å². The molecular formula is C10H14BrNO2S2. The van der Waals surface area contributed by atoms with E-state index in [4.69, 9.17) is 10.5 Å². The molecule has 3 nitrogen and oxygen atoms in total. The Balaban J connectivity index is 2.46. The van der Waals surface area contributed by atoms with Gasteiger partial charge in [-0.1, -0.05) is 0 Å². The van der Waals surface area contributed by atoms with Crippen molar-refractivity contribution in [2.24, 2.45) is 5.73 Å². The summed E-state index contributed by atoms with van der Waals surface area (Å²) >= 11 is 6.58. The highest BCUT2D eigenvalue weighted by atomic mass is 79.9. The second kappa shape index (κ2) is 7.32. The maximum atomic E-state index is 11.2.